The highest BCUT2D eigenvalue weighted by Gasteiger charge is 2.20. The van der Waals surface area contributed by atoms with E-state index >= 15 is 0 Å². The van der Waals surface area contributed by atoms with Crippen LogP contribution in [0.5, 0.6) is 0 Å². The minimum Gasteiger partial charge on any atom is -0.390 e. The number of hydrogen-bond acceptors (Lipinski definition) is 4. The van der Waals surface area contributed by atoms with Crippen LogP contribution in [0.25, 0.3) is 16.6 Å². The van der Waals surface area contributed by atoms with Crippen molar-refractivity contribution in [1.82, 2.24) is 9.55 Å². The summed E-state index contributed by atoms with van der Waals surface area (Å²) in [6, 6.07) is 9.76. The van der Waals surface area contributed by atoms with E-state index in [-0.39, 0.29) is 16.6 Å². The maximum Gasteiger partial charge on any atom is 0.266 e. The predicted octanol–water partition coefficient (Wildman–Crippen LogP) is 3.53. The quantitative estimate of drug-likeness (QED) is 0.570. The summed E-state index contributed by atoms with van der Waals surface area (Å²) >= 11 is 1.13. The Hall–Kier alpha value is -2.25. The van der Waals surface area contributed by atoms with Crippen molar-refractivity contribution in [3.05, 3.63) is 64.5 Å². The van der Waals surface area contributed by atoms with Gasteiger partial charge in [-0.05, 0) is 38.1 Å². The molecule has 1 aromatic heterocycles. The first kappa shape index (κ1) is 17.6. The van der Waals surface area contributed by atoms with Crippen molar-refractivity contribution < 1.29 is 13.9 Å². The molecule has 0 spiro atoms. The van der Waals surface area contributed by atoms with Crippen molar-refractivity contribution in [2.45, 2.75) is 24.6 Å². The largest absolute Gasteiger partial charge is 0.390 e. The van der Waals surface area contributed by atoms with Gasteiger partial charge >= 0.3 is 0 Å². The van der Waals surface area contributed by atoms with Gasteiger partial charge in [0, 0.05) is 11.8 Å². The summed E-state index contributed by atoms with van der Waals surface area (Å²) in [6.07, 6.45) is 0. The lowest BCUT2D eigenvalue weighted by atomic mass is 10.2. The Morgan fingerprint density at radius 2 is 1.92 bits per heavy atom. The number of hydrogen-bond donors (Lipinski definition) is 1. The normalized spacial score (nSPS) is 11.9. The van der Waals surface area contributed by atoms with Crippen LogP contribution in [0.3, 0.4) is 0 Å². The molecule has 0 amide bonds. The minimum atomic E-state index is -1.000. The molecular weight excluding hydrogens is 346 g/mol. The van der Waals surface area contributed by atoms with Crippen LogP contribution in [0.15, 0.2) is 52.4 Å². The van der Waals surface area contributed by atoms with Crippen molar-refractivity contribution in [2.75, 3.05) is 5.75 Å². The molecule has 0 aliphatic rings. The number of rotatable bonds is 4. The van der Waals surface area contributed by atoms with Gasteiger partial charge in [-0.3, -0.25) is 9.36 Å². The number of aromatic nitrogens is 2. The van der Waals surface area contributed by atoms with Gasteiger partial charge in [-0.25, -0.2) is 13.8 Å². The molecule has 130 valence electrons. The summed E-state index contributed by atoms with van der Waals surface area (Å²) in [5.74, 6) is -1.33. The molecule has 0 atom stereocenters. The summed E-state index contributed by atoms with van der Waals surface area (Å²) in [5.41, 5.74) is -1.05. The molecule has 0 saturated carbocycles. The molecule has 3 aromatic rings. The SMILES string of the molecule is CC(C)(O)CSc1nc2ccccc2c(=O)n1-c1ccc(F)cc1F. The lowest BCUT2D eigenvalue weighted by Crippen LogP contribution is -2.26. The number of benzene rings is 2. The summed E-state index contributed by atoms with van der Waals surface area (Å²) in [4.78, 5) is 17.3. The standard InChI is InChI=1S/C18H16F2N2O2S/c1-18(2,24)10-25-17-21-14-6-4-3-5-12(14)16(23)22(17)15-8-7-11(19)9-13(15)20/h3-9,24H,10H2,1-2H3. The van der Waals surface area contributed by atoms with E-state index in [1.807, 2.05) is 0 Å². The van der Waals surface area contributed by atoms with Crippen LogP contribution >= 0.6 is 11.8 Å². The molecule has 0 radical (unpaired) electrons. The maximum absolute atomic E-state index is 14.3. The number of nitrogens with zero attached hydrogens (tertiary/aromatic N) is 2. The highest BCUT2D eigenvalue weighted by atomic mass is 32.2. The van der Waals surface area contributed by atoms with Gasteiger partial charge in [0.1, 0.15) is 11.6 Å². The third-order valence-corrected chi connectivity index (χ3v) is 4.83. The predicted molar refractivity (Wildman–Crippen MR) is 94.3 cm³/mol. The fourth-order valence-corrected chi connectivity index (χ4v) is 3.28. The lowest BCUT2D eigenvalue weighted by Gasteiger charge is -2.18. The molecule has 2 aromatic carbocycles. The monoisotopic (exact) mass is 362 g/mol. The van der Waals surface area contributed by atoms with Crippen LogP contribution in [-0.2, 0) is 0 Å². The zero-order chi connectivity index (χ0) is 18.2. The highest BCUT2D eigenvalue weighted by molar-refractivity contribution is 7.99. The molecule has 1 N–H and O–H groups in total. The van der Waals surface area contributed by atoms with E-state index < -0.39 is 22.8 Å². The Balaban J connectivity index is 2.26. The molecule has 0 unspecified atom stereocenters. The number of aliphatic hydroxyl groups is 1. The molecule has 25 heavy (non-hydrogen) atoms. The first-order chi connectivity index (χ1) is 11.8. The Morgan fingerprint density at radius 3 is 2.60 bits per heavy atom. The lowest BCUT2D eigenvalue weighted by molar-refractivity contribution is 0.107. The zero-order valence-electron chi connectivity index (χ0n) is 13.7. The Bertz CT molecular complexity index is 997. The second-order valence-corrected chi connectivity index (χ2v) is 7.19. The average Bonchev–Trinajstić information content (AvgIpc) is 2.53. The molecular formula is C18H16F2N2O2S. The molecule has 0 aliphatic carbocycles. The summed E-state index contributed by atoms with van der Waals surface area (Å²) in [6.45, 7) is 3.25. The molecule has 0 saturated heterocycles. The fourth-order valence-electron chi connectivity index (χ4n) is 2.33. The number of thioether (sulfide) groups is 1. The molecule has 1 heterocycles. The molecule has 7 heteroatoms. The van der Waals surface area contributed by atoms with Crippen molar-refractivity contribution in [1.29, 1.82) is 0 Å². The summed E-state index contributed by atoms with van der Waals surface area (Å²) < 4.78 is 28.6. The van der Waals surface area contributed by atoms with Crippen LogP contribution in [0.1, 0.15) is 13.8 Å². The van der Waals surface area contributed by atoms with Crippen LogP contribution in [0.4, 0.5) is 8.78 Å². The smallest absolute Gasteiger partial charge is 0.266 e. The third-order valence-electron chi connectivity index (χ3n) is 3.45. The molecule has 4 nitrogen and oxygen atoms in total. The van der Waals surface area contributed by atoms with E-state index in [0.717, 1.165) is 28.5 Å². The third kappa shape index (κ3) is 3.72. The molecule has 0 fully saturated rings. The number of fused-ring (bicyclic) bond motifs is 1. The average molecular weight is 362 g/mol. The Kier molecular flexibility index (Phi) is 4.62. The second kappa shape index (κ2) is 6.57. The van der Waals surface area contributed by atoms with Gasteiger partial charge in [0.05, 0.1) is 22.2 Å². The van der Waals surface area contributed by atoms with Crippen molar-refractivity contribution in [3.63, 3.8) is 0 Å². The van der Waals surface area contributed by atoms with Crippen molar-refractivity contribution in [2.24, 2.45) is 0 Å². The number of halogens is 2. The second-order valence-electron chi connectivity index (χ2n) is 6.25. The van der Waals surface area contributed by atoms with E-state index in [4.69, 9.17) is 0 Å². The van der Waals surface area contributed by atoms with Gasteiger partial charge in [-0.15, -0.1) is 0 Å². The van der Waals surface area contributed by atoms with Crippen LogP contribution in [-0.4, -0.2) is 26.0 Å². The summed E-state index contributed by atoms with van der Waals surface area (Å²) in [7, 11) is 0. The fraction of sp³-hybridized carbons (Fsp3) is 0.222. The topological polar surface area (TPSA) is 55.1 Å². The van der Waals surface area contributed by atoms with E-state index in [2.05, 4.69) is 4.98 Å². The van der Waals surface area contributed by atoms with E-state index in [1.165, 1.54) is 6.07 Å². The van der Waals surface area contributed by atoms with E-state index in [9.17, 15) is 18.7 Å². The minimum absolute atomic E-state index is 0.0806. The Labute approximate surface area is 147 Å². The van der Waals surface area contributed by atoms with Crippen molar-refractivity contribution in [3.8, 4) is 5.69 Å². The van der Waals surface area contributed by atoms with Gasteiger partial charge in [-0.2, -0.15) is 0 Å². The zero-order valence-corrected chi connectivity index (χ0v) is 14.5. The van der Waals surface area contributed by atoms with Crippen LogP contribution < -0.4 is 5.56 Å². The first-order valence-corrected chi connectivity index (χ1v) is 8.57. The summed E-state index contributed by atoms with van der Waals surface area (Å²) in [5, 5.41) is 10.5. The van der Waals surface area contributed by atoms with E-state index in [1.54, 1.807) is 38.1 Å². The molecule has 0 aliphatic heterocycles. The van der Waals surface area contributed by atoms with Crippen molar-refractivity contribution >= 4 is 22.7 Å². The van der Waals surface area contributed by atoms with Crippen LogP contribution in [0, 0.1) is 11.6 Å². The van der Waals surface area contributed by atoms with E-state index in [0.29, 0.717) is 10.9 Å². The van der Waals surface area contributed by atoms with Gasteiger partial charge in [0.15, 0.2) is 5.16 Å². The van der Waals surface area contributed by atoms with Gasteiger partial charge in [-0.1, -0.05) is 23.9 Å². The van der Waals surface area contributed by atoms with Crippen LogP contribution in [0.2, 0.25) is 0 Å². The Morgan fingerprint density at radius 1 is 1.20 bits per heavy atom. The van der Waals surface area contributed by atoms with Gasteiger partial charge in [0.25, 0.3) is 5.56 Å². The van der Waals surface area contributed by atoms with Gasteiger partial charge in [0.2, 0.25) is 0 Å². The molecule has 3 rings (SSSR count). The van der Waals surface area contributed by atoms with Gasteiger partial charge < -0.3 is 5.11 Å². The highest BCUT2D eigenvalue weighted by Crippen LogP contribution is 2.25. The first-order valence-electron chi connectivity index (χ1n) is 7.59. The number of para-hydroxylation sites is 1. The molecule has 0 bridgehead atoms. The maximum atomic E-state index is 14.3.